The second kappa shape index (κ2) is 9.14. The van der Waals surface area contributed by atoms with Gasteiger partial charge in [-0.05, 0) is 50.8 Å². The number of sulfonamides is 1. The largest absolute Gasteiger partial charge is 0.379 e. The Kier molecular flexibility index (Phi) is 6.44. The Bertz CT molecular complexity index is 1160. The summed E-state index contributed by atoms with van der Waals surface area (Å²) in [6.07, 6.45) is 3.53. The van der Waals surface area contributed by atoms with Crippen molar-refractivity contribution in [3.05, 3.63) is 29.7 Å². The predicted octanol–water partition coefficient (Wildman–Crippen LogP) is 2.01. The van der Waals surface area contributed by atoms with Gasteiger partial charge in [-0.15, -0.1) is 0 Å². The Labute approximate surface area is 193 Å². The van der Waals surface area contributed by atoms with E-state index in [4.69, 9.17) is 4.52 Å². The molecule has 2 atom stereocenters. The van der Waals surface area contributed by atoms with Crippen molar-refractivity contribution in [3.63, 3.8) is 0 Å². The van der Waals surface area contributed by atoms with Crippen LogP contribution in [0.5, 0.6) is 0 Å². The van der Waals surface area contributed by atoms with Gasteiger partial charge >= 0.3 is 0 Å². The molecule has 2 aliphatic rings. The van der Waals surface area contributed by atoms with E-state index in [0.29, 0.717) is 55.9 Å². The van der Waals surface area contributed by atoms with E-state index in [1.54, 1.807) is 0 Å². The molecule has 1 aromatic carbocycles. The molecule has 178 valence electrons. The number of hydrogen-bond acceptors (Lipinski definition) is 7. The van der Waals surface area contributed by atoms with E-state index in [2.05, 4.69) is 21.1 Å². The lowest BCUT2D eigenvalue weighted by atomic mass is 10.0. The molecule has 1 aromatic heterocycles. The van der Waals surface area contributed by atoms with Crippen LogP contribution < -0.4 is 16.0 Å². The normalized spacial score (nSPS) is 21.6. The smallest absolute Gasteiger partial charge is 0.247 e. The highest BCUT2D eigenvalue weighted by molar-refractivity contribution is 7.88. The van der Waals surface area contributed by atoms with Gasteiger partial charge in [-0.3, -0.25) is 9.59 Å². The van der Waals surface area contributed by atoms with Crippen molar-refractivity contribution in [2.45, 2.75) is 51.6 Å². The highest BCUT2D eigenvalue weighted by Crippen LogP contribution is 2.34. The molecular formula is C22H29N5O5S. The minimum atomic E-state index is -3.26. The Morgan fingerprint density at radius 2 is 2.03 bits per heavy atom. The molecule has 0 bridgehead atoms. The number of aromatic nitrogens is 1. The van der Waals surface area contributed by atoms with Crippen LogP contribution in [0, 0.1) is 13.8 Å². The molecule has 2 saturated heterocycles. The molecule has 3 heterocycles. The highest BCUT2D eigenvalue weighted by Gasteiger charge is 2.30. The van der Waals surface area contributed by atoms with Crippen molar-refractivity contribution in [3.8, 4) is 11.1 Å². The van der Waals surface area contributed by atoms with Gasteiger partial charge < -0.3 is 20.5 Å². The molecule has 2 unspecified atom stereocenters. The minimum absolute atomic E-state index is 0.0883. The first kappa shape index (κ1) is 23.2. The highest BCUT2D eigenvalue weighted by atomic mass is 32.2. The van der Waals surface area contributed by atoms with E-state index in [0.717, 1.165) is 16.8 Å². The van der Waals surface area contributed by atoms with Crippen molar-refractivity contribution >= 4 is 33.2 Å². The number of piperidine rings is 1. The number of carbonyl (C=O) groups is 2. The molecule has 3 N–H and O–H groups in total. The second-order valence-electron chi connectivity index (χ2n) is 8.71. The topological polar surface area (TPSA) is 134 Å². The van der Waals surface area contributed by atoms with E-state index in [9.17, 15) is 18.0 Å². The van der Waals surface area contributed by atoms with Crippen molar-refractivity contribution in [1.29, 1.82) is 0 Å². The van der Waals surface area contributed by atoms with Crippen LogP contribution in [0.3, 0.4) is 0 Å². The van der Waals surface area contributed by atoms with Crippen LogP contribution in [0.4, 0.5) is 11.4 Å². The molecular weight excluding hydrogens is 446 g/mol. The van der Waals surface area contributed by atoms with Crippen molar-refractivity contribution < 1.29 is 22.5 Å². The number of hydrogen-bond donors (Lipinski definition) is 3. The SMILES string of the molecule is Cc1noc(C)c1-c1ccc(NC2CCN(S(C)(=O)=O)C2)c(NC(=O)C2CCCC(=O)N2)c1. The molecule has 2 amide bonds. The summed E-state index contributed by atoms with van der Waals surface area (Å²) >= 11 is 0. The summed E-state index contributed by atoms with van der Waals surface area (Å²) in [5, 5.41) is 13.1. The standard InChI is InChI=1S/C22H29N5O5S/c1-13-21(14(2)32-26-13)15-7-8-17(23-16-9-10-27(12-16)33(3,30)31)19(11-15)25-22(29)18-5-4-6-20(28)24-18/h7-8,11,16,18,23H,4-6,9-10,12H2,1-3H3,(H,24,28)(H,25,29). The molecule has 0 saturated carbocycles. The lowest BCUT2D eigenvalue weighted by Crippen LogP contribution is -2.46. The lowest BCUT2D eigenvalue weighted by molar-refractivity contribution is -0.128. The van der Waals surface area contributed by atoms with Crippen LogP contribution in [-0.2, 0) is 19.6 Å². The fourth-order valence-corrected chi connectivity index (χ4v) is 5.30. The molecule has 10 nitrogen and oxygen atoms in total. The van der Waals surface area contributed by atoms with E-state index in [-0.39, 0.29) is 17.9 Å². The molecule has 0 aliphatic carbocycles. The van der Waals surface area contributed by atoms with Gasteiger partial charge in [0.1, 0.15) is 11.8 Å². The summed E-state index contributed by atoms with van der Waals surface area (Å²) in [7, 11) is -3.26. The van der Waals surface area contributed by atoms with E-state index >= 15 is 0 Å². The fourth-order valence-electron chi connectivity index (χ4n) is 4.41. The van der Waals surface area contributed by atoms with Gasteiger partial charge in [0.15, 0.2) is 0 Å². The molecule has 4 rings (SSSR count). The van der Waals surface area contributed by atoms with Gasteiger partial charge in [0.25, 0.3) is 0 Å². The van der Waals surface area contributed by atoms with Crippen LogP contribution in [0.15, 0.2) is 22.7 Å². The zero-order chi connectivity index (χ0) is 23.8. The number of carbonyl (C=O) groups excluding carboxylic acids is 2. The van der Waals surface area contributed by atoms with Crippen molar-refractivity contribution in [2.24, 2.45) is 0 Å². The average Bonchev–Trinajstić information content (AvgIpc) is 3.36. The first-order chi connectivity index (χ1) is 15.6. The van der Waals surface area contributed by atoms with Gasteiger partial charge in [0.05, 0.1) is 23.3 Å². The number of benzene rings is 1. The average molecular weight is 476 g/mol. The maximum atomic E-state index is 12.9. The zero-order valence-corrected chi connectivity index (χ0v) is 19.8. The monoisotopic (exact) mass is 475 g/mol. The number of aryl methyl sites for hydroxylation is 2. The number of nitrogens with zero attached hydrogens (tertiary/aromatic N) is 2. The summed E-state index contributed by atoms with van der Waals surface area (Å²) < 4.78 is 30.5. The summed E-state index contributed by atoms with van der Waals surface area (Å²) in [6, 6.07) is 4.94. The fraction of sp³-hybridized carbons (Fsp3) is 0.500. The van der Waals surface area contributed by atoms with E-state index in [1.165, 1.54) is 10.6 Å². The van der Waals surface area contributed by atoms with E-state index < -0.39 is 16.1 Å². The van der Waals surface area contributed by atoms with Crippen LogP contribution in [0.2, 0.25) is 0 Å². The summed E-state index contributed by atoms with van der Waals surface area (Å²) in [4.78, 5) is 24.7. The van der Waals surface area contributed by atoms with Crippen molar-refractivity contribution in [1.82, 2.24) is 14.8 Å². The maximum absolute atomic E-state index is 12.9. The zero-order valence-electron chi connectivity index (χ0n) is 19.0. The maximum Gasteiger partial charge on any atom is 0.247 e. The number of anilines is 2. The lowest BCUT2D eigenvalue weighted by Gasteiger charge is -2.24. The van der Waals surface area contributed by atoms with Crippen LogP contribution >= 0.6 is 0 Å². The number of amides is 2. The molecule has 2 aliphatic heterocycles. The predicted molar refractivity (Wildman–Crippen MR) is 124 cm³/mol. The van der Waals surface area contributed by atoms with Gasteiger partial charge in [-0.25, -0.2) is 12.7 Å². The molecule has 11 heteroatoms. The molecule has 2 aromatic rings. The van der Waals surface area contributed by atoms with Crippen LogP contribution in [-0.4, -0.2) is 61.1 Å². The van der Waals surface area contributed by atoms with Crippen molar-refractivity contribution in [2.75, 3.05) is 30.0 Å². The number of nitrogens with one attached hydrogen (secondary N) is 3. The van der Waals surface area contributed by atoms with Crippen LogP contribution in [0.25, 0.3) is 11.1 Å². The van der Waals surface area contributed by atoms with Gasteiger partial charge in [0.2, 0.25) is 21.8 Å². The summed E-state index contributed by atoms with van der Waals surface area (Å²) in [5.74, 6) is 0.256. The Morgan fingerprint density at radius 3 is 2.67 bits per heavy atom. The summed E-state index contributed by atoms with van der Waals surface area (Å²) in [6.45, 7) is 4.49. The number of rotatable bonds is 6. The van der Waals surface area contributed by atoms with E-state index in [1.807, 2.05) is 32.0 Å². The molecule has 0 spiro atoms. The molecule has 33 heavy (non-hydrogen) atoms. The second-order valence-corrected chi connectivity index (χ2v) is 10.7. The molecule has 0 radical (unpaired) electrons. The van der Waals surface area contributed by atoms with Gasteiger partial charge in [0, 0.05) is 31.1 Å². The quantitative estimate of drug-likeness (QED) is 0.582. The Hall–Kier alpha value is -2.92. The molecule has 2 fully saturated rings. The summed E-state index contributed by atoms with van der Waals surface area (Å²) in [5.41, 5.74) is 3.66. The first-order valence-electron chi connectivity index (χ1n) is 11.0. The third-order valence-electron chi connectivity index (χ3n) is 6.13. The minimum Gasteiger partial charge on any atom is -0.379 e. The van der Waals surface area contributed by atoms with Gasteiger partial charge in [-0.2, -0.15) is 0 Å². The Morgan fingerprint density at radius 1 is 1.24 bits per heavy atom. The Balaban J connectivity index is 1.61. The first-order valence-corrected chi connectivity index (χ1v) is 12.9. The third-order valence-corrected chi connectivity index (χ3v) is 7.40. The third kappa shape index (κ3) is 5.19. The van der Waals surface area contributed by atoms with Crippen LogP contribution in [0.1, 0.15) is 37.1 Å². The van der Waals surface area contributed by atoms with Gasteiger partial charge in [-0.1, -0.05) is 11.2 Å².